The number of rotatable bonds is 6. The van der Waals surface area contributed by atoms with Crippen LogP contribution in [0.1, 0.15) is 40.3 Å². The van der Waals surface area contributed by atoms with Gasteiger partial charge in [-0.15, -0.1) is 11.3 Å². The molecule has 2 aromatic rings. The number of pyridine rings is 1. The summed E-state index contributed by atoms with van der Waals surface area (Å²) >= 11 is 1.39. The molecule has 2 heterocycles. The van der Waals surface area contributed by atoms with Crippen molar-refractivity contribution in [1.82, 2.24) is 4.98 Å². The van der Waals surface area contributed by atoms with E-state index < -0.39 is 5.97 Å². The maximum atomic E-state index is 12.3. The lowest BCUT2D eigenvalue weighted by Crippen LogP contribution is -2.17. The number of anilines is 2. The predicted octanol–water partition coefficient (Wildman–Crippen LogP) is 2.95. The van der Waals surface area contributed by atoms with Gasteiger partial charge < -0.3 is 15.8 Å². The number of nitrogens with zero attached hydrogens (tertiary/aromatic N) is 1. The summed E-state index contributed by atoms with van der Waals surface area (Å²) in [4.78, 5) is 29.6. The SMILES string of the molecule is CCOC(=O)c1c(NC(=O)Cc2ccc(N)cn2)sc(C)c1CC. The highest BCUT2D eigenvalue weighted by Crippen LogP contribution is 2.34. The number of ether oxygens (including phenoxy) is 1. The van der Waals surface area contributed by atoms with Crippen LogP contribution >= 0.6 is 11.3 Å². The van der Waals surface area contributed by atoms with E-state index in [1.807, 2.05) is 13.8 Å². The zero-order chi connectivity index (χ0) is 17.7. The quantitative estimate of drug-likeness (QED) is 0.784. The van der Waals surface area contributed by atoms with Crippen LogP contribution in [0.3, 0.4) is 0 Å². The number of nitrogens with one attached hydrogen (secondary N) is 1. The van der Waals surface area contributed by atoms with Crippen LogP contribution in [0.5, 0.6) is 0 Å². The van der Waals surface area contributed by atoms with Crippen LogP contribution in [0.25, 0.3) is 0 Å². The smallest absolute Gasteiger partial charge is 0.341 e. The van der Waals surface area contributed by atoms with Gasteiger partial charge >= 0.3 is 5.97 Å². The van der Waals surface area contributed by atoms with Gasteiger partial charge in [0.25, 0.3) is 0 Å². The van der Waals surface area contributed by atoms with Crippen molar-refractivity contribution in [1.29, 1.82) is 0 Å². The molecule has 0 saturated heterocycles. The van der Waals surface area contributed by atoms with Gasteiger partial charge in [0.2, 0.25) is 5.91 Å². The molecule has 0 fully saturated rings. The van der Waals surface area contributed by atoms with Crippen molar-refractivity contribution in [3.05, 3.63) is 40.0 Å². The number of carbonyl (C=O) groups excluding carboxylic acids is 2. The molecular formula is C17H21N3O3S. The van der Waals surface area contributed by atoms with Gasteiger partial charge in [0.15, 0.2) is 0 Å². The van der Waals surface area contributed by atoms with Gasteiger partial charge in [-0.1, -0.05) is 6.92 Å². The van der Waals surface area contributed by atoms with Crippen molar-refractivity contribution in [2.45, 2.75) is 33.6 Å². The minimum Gasteiger partial charge on any atom is -0.462 e. The Labute approximate surface area is 145 Å². The van der Waals surface area contributed by atoms with Crippen LogP contribution in [0.4, 0.5) is 10.7 Å². The van der Waals surface area contributed by atoms with E-state index in [-0.39, 0.29) is 12.3 Å². The Hall–Kier alpha value is -2.41. The monoisotopic (exact) mass is 347 g/mol. The van der Waals surface area contributed by atoms with E-state index >= 15 is 0 Å². The molecule has 1 amide bonds. The molecule has 0 aliphatic heterocycles. The van der Waals surface area contributed by atoms with Crippen LogP contribution in [-0.2, 0) is 22.4 Å². The molecule has 128 valence electrons. The Bertz CT molecular complexity index is 738. The maximum absolute atomic E-state index is 12.3. The summed E-state index contributed by atoms with van der Waals surface area (Å²) < 4.78 is 5.13. The normalized spacial score (nSPS) is 10.5. The van der Waals surface area contributed by atoms with Crippen molar-refractivity contribution >= 4 is 33.9 Å². The number of hydrogen-bond donors (Lipinski definition) is 2. The van der Waals surface area contributed by atoms with E-state index in [2.05, 4.69) is 10.3 Å². The lowest BCUT2D eigenvalue weighted by atomic mass is 10.1. The number of nitrogens with two attached hydrogens (primary N) is 1. The third-order valence-electron chi connectivity index (χ3n) is 3.48. The van der Waals surface area contributed by atoms with Gasteiger partial charge in [-0.25, -0.2) is 4.79 Å². The number of amides is 1. The second-order valence-corrected chi connectivity index (χ2v) is 6.45. The number of esters is 1. The number of thiophene rings is 1. The summed E-state index contributed by atoms with van der Waals surface area (Å²) in [6, 6.07) is 3.41. The minimum absolute atomic E-state index is 0.112. The van der Waals surface area contributed by atoms with Crippen molar-refractivity contribution in [3.8, 4) is 0 Å². The summed E-state index contributed by atoms with van der Waals surface area (Å²) in [6.07, 6.45) is 2.32. The molecule has 0 radical (unpaired) electrons. The molecule has 0 aliphatic carbocycles. The Kier molecular flexibility index (Phi) is 5.92. The van der Waals surface area contributed by atoms with Gasteiger partial charge in [0, 0.05) is 10.6 Å². The van der Waals surface area contributed by atoms with Crippen molar-refractivity contribution in [2.75, 3.05) is 17.7 Å². The van der Waals surface area contributed by atoms with Crippen molar-refractivity contribution < 1.29 is 14.3 Å². The first-order valence-electron chi connectivity index (χ1n) is 7.75. The first kappa shape index (κ1) is 17.9. The summed E-state index contributed by atoms with van der Waals surface area (Å²) in [6.45, 7) is 5.96. The average Bonchev–Trinajstić information content (AvgIpc) is 2.85. The molecule has 24 heavy (non-hydrogen) atoms. The van der Waals surface area contributed by atoms with Crippen molar-refractivity contribution in [3.63, 3.8) is 0 Å². The molecule has 0 saturated carbocycles. The van der Waals surface area contributed by atoms with Crippen molar-refractivity contribution in [2.24, 2.45) is 0 Å². The van der Waals surface area contributed by atoms with Crippen LogP contribution in [-0.4, -0.2) is 23.5 Å². The van der Waals surface area contributed by atoms with E-state index in [1.165, 1.54) is 17.5 Å². The average molecular weight is 347 g/mol. The first-order chi connectivity index (χ1) is 11.5. The molecule has 0 atom stereocenters. The minimum atomic E-state index is -0.403. The lowest BCUT2D eigenvalue weighted by Gasteiger charge is -2.08. The maximum Gasteiger partial charge on any atom is 0.341 e. The largest absolute Gasteiger partial charge is 0.462 e. The fourth-order valence-corrected chi connectivity index (χ4v) is 3.54. The van der Waals surface area contributed by atoms with Crippen LogP contribution in [0.2, 0.25) is 0 Å². The Morgan fingerprint density at radius 1 is 1.33 bits per heavy atom. The third kappa shape index (κ3) is 4.11. The summed E-state index contributed by atoms with van der Waals surface area (Å²) in [7, 11) is 0. The predicted molar refractivity (Wildman–Crippen MR) is 95.4 cm³/mol. The van der Waals surface area contributed by atoms with E-state index in [1.54, 1.807) is 19.1 Å². The Morgan fingerprint density at radius 3 is 2.67 bits per heavy atom. The third-order valence-corrected chi connectivity index (χ3v) is 4.55. The topological polar surface area (TPSA) is 94.3 Å². The molecule has 0 spiro atoms. The van der Waals surface area contributed by atoms with Gasteiger partial charge in [-0.3, -0.25) is 9.78 Å². The highest BCUT2D eigenvalue weighted by atomic mass is 32.1. The van der Waals surface area contributed by atoms with Crippen LogP contribution in [0.15, 0.2) is 18.3 Å². The standard InChI is InChI=1S/C17H21N3O3S/c1-4-13-10(3)24-16(15(13)17(22)23-5-2)20-14(21)8-12-7-6-11(18)9-19-12/h6-7,9H,4-5,8,18H2,1-3H3,(H,20,21). The molecule has 0 bridgehead atoms. The fourth-order valence-electron chi connectivity index (χ4n) is 2.39. The van der Waals surface area contributed by atoms with E-state index in [9.17, 15) is 9.59 Å². The van der Waals surface area contributed by atoms with Gasteiger partial charge in [0.05, 0.1) is 30.5 Å². The molecule has 6 nitrogen and oxygen atoms in total. The Balaban J connectivity index is 2.20. The molecule has 2 aromatic heterocycles. The Morgan fingerprint density at radius 2 is 2.08 bits per heavy atom. The number of carbonyl (C=O) groups is 2. The number of hydrogen-bond acceptors (Lipinski definition) is 6. The lowest BCUT2D eigenvalue weighted by molar-refractivity contribution is -0.115. The van der Waals surface area contributed by atoms with Crippen LogP contribution in [0, 0.1) is 6.92 Å². The molecular weight excluding hydrogens is 326 g/mol. The van der Waals surface area contributed by atoms with Crippen LogP contribution < -0.4 is 11.1 Å². The number of aromatic nitrogens is 1. The fraction of sp³-hybridized carbons (Fsp3) is 0.353. The molecule has 3 N–H and O–H groups in total. The second-order valence-electron chi connectivity index (χ2n) is 5.22. The highest BCUT2D eigenvalue weighted by Gasteiger charge is 2.23. The summed E-state index contributed by atoms with van der Waals surface area (Å²) in [5, 5.41) is 3.35. The van der Waals surface area contributed by atoms with Gasteiger partial charge in [-0.2, -0.15) is 0 Å². The zero-order valence-electron chi connectivity index (χ0n) is 14.0. The molecule has 0 aromatic carbocycles. The summed E-state index contributed by atoms with van der Waals surface area (Å²) in [5.74, 6) is -0.638. The zero-order valence-corrected chi connectivity index (χ0v) is 14.8. The number of aryl methyl sites for hydroxylation is 1. The molecule has 0 aliphatic rings. The van der Waals surface area contributed by atoms with E-state index in [4.69, 9.17) is 10.5 Å². The highest BCUT2D eigenvalue weighted by molar-refractivity contribution is 7.16. The molecule has 7 heteroatoms. The second kappa shape index (κ2) is 7.92. The first-order valence-corrected chi connectivity index (χ1v) is 8.57. The molecule has 2 rings (SSSR count). The van der Waals surface area contributed by atoms with E-state index in [0.717, 1.165) is 10.4 Å². The summed E-state index contributed by atoms with van der Waals surface area (Å²) in [5.41, 5.74) is 8.12. The van der Waals surface area contributed by atoms with Gasteiger partial charge in [0.1, 0.15) is 5.00 Å². The van der Waals surface area contributed by atoms with E-state index in [0.29, 0.717) is 35.0 Å². The van der Waals surface area contributed by atoms with Gasteiger partial charge in [-0.05, 0) is 38.0 Å². The number of nitrogen functional groups attached to an aromatic ring is 1. The molecule has 0 unspecified atom stereocenters.